The van der Waals surface area contributed by atoms with E-state index in [1.165, 1.54) is 11.3 Å². The molecule has 0 atom stereocenters. The monoisotopic (exact) mass is 361 g/mol. The third-order valence-corrected chi connectivity index (χ3v) is 5.50. The van der Waals surface area contributed by atoms with Gasteiger partial charge in [0, 0.05) is 37.3 Å². The summed E-state index contributed by atoms with van der Waals surface area (Å²) in [6, 6.07) is 11.1. The van der Waals surface area contributed by atoms with Gasteiger partial charge < -0.3 is 9.47 Å². The molecule has 0 bridgehead atoms. The molecule has 0 aliphatic carbocycles. The van der Waals surface area contributed by atoms with Crippen LogP contribution in [0.5, 0.6) is 0 Å². The van der Waals surface area contributed by atoms with Crippen LogP contribution in [0.1, 0.15) is 37.3 Å². The molecule has 1 fully saturated rings. The second kappa shape index (κ2) is 6.33. The molecule has 7 nitrogen and oxygen atoms in total. The zero-order chi connectivity index (χ0) is 18.4. The second-order valence-electron chi connectivity index (χ2n) is 7.19. The Balaban J connectivity index is 1.44. The van der Waals surface area contributed by atoms with Crippen molar-refractivity contribution in [3.63, 3.8) is 0 Å². The first-order chi connectivity index (χ1) is 13.2. The van der Waals surface area contributed by atoms with E-state index in [2.05, 4.69) is 61.8 Å². The van der Waals surface area contributed by atoms with Crippen molar-refractivity contribution < 1.29 is 0 Å². The van der Waals surface area contributed by atoms with Crippen molar-refractivity contribution in [3.05, 3.63) is 48.2 Å². The first kappa shape index (κ1) is 16.2. The van der Waals surface area contributed by atoms with Crippen LogP contribution in [-0.2, 0) is 6.42 Å². The molecule has 0 spiro atoms. The first-order valence-electron chi connectivity index (χ1n) is 9.62. The zero-order valence-electron chi connectivity index (χ0n) is 15.7. The highest BCUT2D eigenvalue weighted by atomic mass is 15.4. The van der Waals surface area contributed by atoms with Crippen LogP contribution < -0.4 is 4.90 Å². The van der Waals surface area contributed by atoms with E-state index in [1.807, 2.05) is 11.4 Å². The van der Waals surface area contributed by atoms with Crippen LogP contribution in [-0.4, -0.2) is 42.2 Å². The molecule has 5 rings (SSSR count). The van der Waals surface area contributed by atoms with Crippen LogP contribution in [0.3, 0.4) is 0 Å². The van der Waals surface area contributed by atoms with E-state index in [-0.39, 0.29) is 0 Å². The summed E-state index contributed by atoms with van der Waals surface area (Å²) in [4.78, 5) is 16.0. The van der Waals surface area contributed by atoms with E-state index < -0.39 is 0 Å². The number of hydrogen-bond acceptors (Lipinski definition) is 5. The predicted molar refractivity (Wildman–Crippen MR) is 105 cm³/mol. The molecule has 1 aliphatic rings. The van der Waals surface area contributed by atoms with Crippen LogP contribution in [0.4, 0.5) is 5.82 Å². The van der Waals surface area contributed by atoms with Crippen LogP contribution in [0.25, 0.3) is 16.8 Å². The van der Waals surface area contributed by atoms with E-state index in [1.54, 1.807) is 6.33 Å². The normalized spacial score (nSPS) is 15.9. The van der Waals surface area contributed by atoms with E-state index in [9.17, 15) is 0 Å². The van der Waals surface area contributed by atoms with Crippen molar-refractivity contribution in [2.24, 2.45) is 0 Å². The van der Waals surface area contributed by atoms with Crippen LogP contribution >= 0.6 is 0 Å². The highest BCUT2D eigenvalue weighted by Crippen LogP contribution is 2.31. The van der Waals surface area contributed by atoms with Crippen molar-refractivity contribution in [2.75, 3.05) is 18.0 Å². The number of rotatable bonds is 3. The van der Waals surface area contributed by atoms with Gasteiger partial charge in [0.2, 0.25) is 0 Å². The van der Waals surface area contributed by atoms with Gasteiger partial charge >= 0.3 is 0 Å². The van der Waals surface area contributed by atoms with Gasteiger partial charge in [-0.3, -0.25) is 0 Å². The molecule has 27 heavy (non-hydrogen) atoms. The average molecular weight is 361 g/mol. The van der Waals surface area contributed by atoms with Crippen molar-refractivity contribution in [1.29, 1.82) is 0 Å². The largest absolute Gasteiger partial charge is 0.356 e. The molecule has 0 amide bonds. The fraction of sp³-hybridized carbons (Fsp3) is 0.400. The zero-order valence-corrected chi connectivity index (χ0v) is 15.7. The minimum Gasteiger partial charge on any atom is -0.356 e. The van der Waals surface area contributed by atoms with E-state index in [0.717, 1.165) is 49.4 Å². The van der Waals surface area contributed by atoms with Gasteiger partial charge in [0.05, 0.1) is 11.0 Å². The van der Waals surface area contributed by atoms with Gasteiger partial charge in [-0.05, 0) is 31.9 Å². The molecule has 0 unspecified atom stereocenters. The lowest BCUT2D eigenvalue weighted by Gasteiger charge is -2.35. The second-order valence-corrected chi connectivity index (χ2v) is 7.19. The first-order valence-corrected chi connectivity index (χ1v) is 9.62. The maximum Gasteiger partial charge on any atom is 0.254 e. The molecule has 138 valence electrons. The maximum absolute atomic E-state index is 4.85. The molecule has 7 heteroatoms. The molecule has 0 N–H and O–H groups in total. The summed E-state index contributed by atoms with van der Waals surface area (Å²) in [6.07, 6.45) is 4.71. The van der Waals surface area contributed by atoms with Crippen LogP contribution in [0.15, 0.2) is 36.7 Å². The topological polar surface area (TPSA) is 64.1 Å². The van der Waals surface area contributed by atoms with Gasteiger partial charge in [0.25, 0.3) is 5.78 Å². The highest BCUT2D eigenvalue weighted by molar-refractivity contribution is 5.76. The molecule has 3 aromatic heterocycles. The summed E-state index contributed by atoms with van der Waals surface area (Å²) in [5.41, 5.74) is 3.33. The molecule has 0 saturated carbocycles. The number of imidazole rings is 1. The van der Waals surface area contributed by atoms with Gasteiger partial charge in [-0.25, -0.2) is 9.97 Å². The van der Waals surface area contributed by atoms with E-state index >= 15 is 0 Å². The lowest BCUT2D eigenvalue weighted by Crippen LogP contribution is -2.36. The Kier molecular flexibility index (Phi) is 3.81. The maximum atomic E-state index is 4.85. The number of piperidine rings is 1. The van der Waals surface area contributed by atoms with Gasteiger partial charge in [-0.2, -0.15) is 14.6 Å². The molecule has 1 aromatic carbocycles. The quantitative estimate of drug-likeness (QED) is 0.561. The number of hydrogen-bond donors (Lipinski definition) is 0. The van der Waals surface area contributed by atoms with Gasteiger partial charge in [0.1, 0.15) is 18.0 Å². The summed E-state index contributed by atoms with van der Waals surface area (Å²) in [5.74, 6) is 2.94. The lowest BCUT2D eigenvalue weighted by atomic mass is 10.0. The molecule has 4 heterocycles. The standard InChI is InChI=1S/C20H23N7/c1-3-18-24-16-6-4-5-7-17(16)26(18)15-8-10-25(11-9-15)19-12-14(2)23-20-21-13-22-27(19)20/h4-7,12-13,15H,3,8-11H2,1-2H3. The minimum absolute atomic E-state index is 0.484. The summed E-state index contributed by atoms with van der Waals surface area (Å²) in [5, 5.41) is 4.36. The average Bonchev–Trinajstić information content (AvgIpc) is 3.31. The number of para-hydroxylation sites is 2. The Labute approximate surface area is 157 Å². The number of fused-ring (bicyclic) bond motifs is 2. The Morgan fingerprint density at radius 2 is 1.93 bits per heavy atom. The summed E-state index contributed by atoms with van der Waals surface area (Å²) in [6.45, 7) is 6.17. The third-order valence-electron chi connectivity index (χ3n) is 5.50. The van der Waals surface area contributed by atoms with Crippen molar-refractivity contribution in [2.45, 2.75) is 39.2 Å². The SMILES string of the molecule is CCc1nc2ccccc2n1C1CCN(c2cc(C)nc3ncnn23)CC1. The van der Waals surface area contributed by atoms with Gasteiger partial charge in [-0.15, -0.1) is 0 Å². The van der Waals surface area contributed by atoms with Crippen molar-refractivity contribution >= 4 is 22.6 Å². The summed E-state index contributed by atoms with van der Waals surface area (Å²) >= 11 is 0. The van der Waals surface area contributed by atoms with Crippen molar-refractivity contribution in [1.82, 2.24) is 29.1 Å². The molecular weight excluding hydrogens is 338 g/mol. The predicted octanol–water partition coefficient (Wildman–Crippen LogP) is 3.19. The minimum atomic E-state index is 0.484. The molecule has 1 saturated heterocycles. The molecular formula is C20H23N7. The van der Waals surface area contributed by atoms with Gasteiger partial charge in [0.15, 0.2) is 0 Å². The van der Waals surface area contributed by atoms with Crippen LogP contribution in [0, 0.1) is 6.92 Å². The lowest BCUT2D eigenvalue weighted by molar-refractivity contribution is 0.393. The Morgan fingerprint density at radius 1 is 1.11 bits per heavy atom. The molecule has 1 aliphatic heterocycles. The number of benzene rings is 1. The smallest absolute Gasteiger partial charge is 0.254 e. The number of nitrogens with zero attached hydrogens (tertiary/aromatic N) is 7. The van der Waals surface area contributed by atoms with E-state index in [4.69, 9.17) is 4.98 Å². The fourth-order valence-corrected chi connectivity index (χ4v) is 4.24. The number of aryl methyl sites for hydroxylation is 2. The Morgan fingerprint density at radius 3 is 2.74 bits per heavy atom. The molecule has 4 aromatic rings. The number of anilines is 1. The van der Waals surface area contributed by atoms with Gasteiger partial charge in [-0.1, -0.05) is 19.1 Å². The van der Waals surface area contributed by atoms with Crippen molar-refractivity contribution in [3.8, 4) is 0 Å². The summed E-state index contributed by atoms with van der Waals surface area (Å²) in [7, 11) is 0. The highest BCUT2D eigenvalue weighted by Gasteiger charge is 2.25. The Bertz CT molecular complexity index is 1100. The van der Waals surface area contributed by atoms with Crippen LogP contribution in [0.2, 0.25) is 0 Å². The fourth-order valence-electron chi connectivity index (χ4n) is 4.24. The number of aromatic nitrogens is 6. The summed E-state index contributed by atoms with van der Waals surface area (Å²) < 4.78 is 4.31. The van der Waals surface area contributed by atoms with E-state index in [0.29, 0.717) is 11.8 Å². The Hall–Kier alpha value is -2.96. The third kappa shape index (κ3) is 2.65. The molecule has 0 radical (unpaired) electrons.